The number of likely N-dealkylation sites (N-methyl/N-ethyl adjacent to an activating group) is 1. The van der Waals surface area contributed by atoms with Gasteiger partial charge in [-0.1, -0.05) is 6.92 Å². The van der Waals surface area contributed by atoms with Crippen molar-refractivity contribution in [3.05, 3.63) is 34.1 Å². The van der Waals surface area contributed by atoms with E-state index in [0.29, 0.717) is 11.1 Å². The van der Waals surface area contributed by atoms with Crippen LogP contribution in [-0.4, -0.2) is 66.7 Å². The molecule has 1 aromatic carbocycles. The number of pyridine rings is 1. The number of benzene rings is 1. The van der Waals surface area contributed by atoms with E-state index in [0.717, 1.165) is 56.8 Å². The minimum absolute atomic E-state index is 0.0117. The van der Waals surface area contributed by atoms with Gasteiger partial charge >= 0.3 is 5.97 Å². The third-order valence-corrected chi connectivity index (χ3v) is 6.20. The normalized spacial score (nSPS) is 17.1. The zero-order valence-electron chi connectivity index (χ0n) is 19.7. The summed E-state index contributed by atoms with van der Waals surface area (Å²) in [6, 6.07) is 3.88. The Morgan fingerprint density at radius 3 is 2.41 bits per heavy atom. The average molecular weight is 469 g/mol. The number of anilines is 1. The van der Waals surface area contributed by atoms with Gasteiger partial charge in [-0.3, -0.25) is 4.79 Å². The lowest BCUT2D eigenvalue weighted by Crippen LogP contribution is -2.46. The van der Waals surface area contributed by atoms with E-state index in [4.69, 9.17) is 21.9 Å². The molecule has 0 unspecified atom stereocenters. The molecule has 182 valence electrons. The van der Waals surface area contributed by atoms with Crippen molar-refractivity contribution >= 4 is 40.2 Å². The number of carbonyl (C=O) groups excluding carboxylic acids is 1. The first-order valence-electron chi connectivity index (χ1n) is 11.6. The number of hydrogen-bond donors (Lipinski definition) is 3. The molecule has 1 aromatic heterocycles. The predicted molar refractivity (Wildman–Crippen MR) is 134 cm³/mol. The maximum atomic E-state index is 13.3. The number of rotatable bonds is 6. The molecule has 11 nitrogen and oxygen atoms in total. The van der Waals surface area contributed by atoms with Gasteiger partial charge in [0.1, 0.15) is 5.56 Å². The highest BCUT2D eigenvalue weighted by Crippen LogP contribution is 2.40. The summed E-state index contributed by atoms with van der Waals surface area (Å²) in [4.78, 5) is 38.7. The van der Waals surface area contributed by atoms with Crippen LogP contribution in [0.25, 0.3) is 10.9 Å². The number of esters is 1. The van der Waals surface area contributed by atoms with E-state index >= 15 is 0 Å². The summed E-state index contributed by atoms with van der Waals surface area (Å²) in [6.45, 7) is 8.47. The van der Waals surface area contributed by atoms with Crippen molar-refractivity contribution in [1.82, 2.24) is 9.47 Å². The molecule has 1 aliphatic heterocycles. The van der Waals surface area contributed by atoms with E-state index in [1.807, 2.05) is 10.6 Å². The Hall–Kier alpha value is -3.60. The lowest BCUT2D eigenvalue weighted by atomic mass is 10.1. The molecule has 2 aromatic rings. The average Bonchev–Trinajstić information content (AvgIpc) is 3.64. The molecule has 4 rings (SSSR count). The Balaban J connectivity index is 1.92. The molecule has 6 N–H and O–H groups in total. The largest absolute Gasteiger partial charge is 0.462 e. The molecule has 0 amide bonds. The van der Waals surface area contributed by atoms with Crippen molar-refractivity contribution in [3.8, 4) is 0 Å². The number of aromatic nitrogens is 1. The highest BCUT2D eigenvalue weighted by Gasteiger charge is 2.29. The van der Waals surface area contributed by atoms with Gasteiger partial charge in [0.2, 0.25) is 11.4 Å². The van der Waals surface area contributed by atoms with Crippen molar-refractivity contribution < 1.29 is 9.53 Å². The second-order valence-corrected chi connectivity index (χ2v) is 8.52. The second-order valence-electron chi connectivity index (χ2n) is 8.52. The molecule has 1 saturated carbocycles. The minimum atomic E-state index is -0.631. The SMILES string of the molecule is CCOC(=O)c1cn(C2CC2)c2cc(N3CCN(CC)CC3)c(N=C(N)N=C(N)N)cc2c1=O. The van der Waals surface area contributed by atoms with Gasteiger partial charge in [-0.25, -0.2) is 9.79 Å². The molecular formula is C23H32N8O3. The molecular weight excluding hydrogens is 436 g/mol. The van der Waals surface area contributed by atoms with Gasteiger partial charge < -0.3 is 36.3 Å². The fraction of sp³-hybridized carbons (Fsp3) is 0.478. The van der Waals surface area contributed by atoms with Crippen LogP contribution in [0.2, 0.25) is 0 Å². The summed E-state index contributed by atoms with van der Waals surface area (Å²) in [7, 11) is 0. The van der Waals surface area contributed by atoms with Crippen molar-refractivity contribution in [3.63, 3.8) is 0 Å². The molecule has 2 fully saturated rings. The summed E-state index contributed by atoms with van der Waals surface area (Å²) in [5.41, 5.74) is 18.6. The van der Waals surface area contributed by atoms with E-state index in [1.54, 1.807) is 19.2 Å². The summed E-state index contributed by atoms with van der Waals surface area (Å²) < 4.78 is 7.15. The first kappa shape index (κ1) is 23.6. The Morgan fingerprint density at radius 1 is 1.12 bits per heavy atom. The van der Waals surface area contributed by atoms with Gasteiger partial charge in [-0.2, -0.15) is 4.99 Å². The second kappa shape index (κ2) is 9.72. The smallest absolute Gasteiger partial charge is 0.343 e. The maximum absolute atomic E-state index is 13.3. The monoisotopic (exact) mass is 468 g/mol. The van der Waals surface area contributed by atoms with Crippen LogP contribution in [-0.2, 0) is 4.74 Å². The Morgan fingerprint density at radius 2 is 1.82 bits per heavy atom. The van der Waals surface area contributed by atoms with E-state index in [1.165, 1.54) is 0 Å². The van der Waals surface area contributed by atoms with Gasteiger partial charge in [0.05, 0.1) is 23.5 Å². The van der Waals surface area contributed by atoms with E-state index < -0.39 is 11.4 Å². The molecule has 0 radical (unpaired) electrons. The minimum Gasteiger partial charge on any atom is -0.462 e. The molecule has 1 aliphatic carbocycles. The predicted octanol–water partition coefficient (Wildman–Crippen LogP) is 0.875. The Kier molecular flexibility index (Phi) is 6.73. The molecule has 2 aliphatic rings. The first-order chi connectivity index (χ1) is 16.3. The van der Waals surface area contributed by atoms with Gasteiger partial charge in [0, 0.05) is 43.8 Å². The fourth-order valence-corrected chi connectivity index (χ4v) is 4.31. The van der Waals surface area contributed by atoms with Crippen molar-refractivity contribution in [2.24, 2.45) is 27.2 Å². The number of aliphatic imine (C=N–C) groups is 2. The van der Waals surface area contributed by atoms with Crippen LogP contribution >= 0.6 is 0 Å². The van der Waals surface area contributed by atoms with Crippen molar-refractivity contribution in [2.75, 3.05) is 44.2 Å². The van der Waals surface area contributed by atoms with E-state index in [9.17, 15) is 9.59 Å². The summed E-state index contributed by atoms with van der Waals surface area (Å²) in [6.07, 6.45) is 3.61. The van der Waals surface area contributed by atoms with Crippen LogP contribution in [0.5, 0.6) is 0 Å². The first-order valence-corrected chi connectivity index (χ1v) is 11.6. The lowest BCUT2D eigenvalue weighted by Gasteiger charge is -2.36. The molecule has 34 heavy (non-hydrogen) atoms. The zero-order valence-corrected chi connectivity index (χ0v) is 19.7. The van der Waals surface area contributed by atoms with Crippen LogP contribution in [0, 0.1) is 0 Å². The highest BCUT2D eigenvalue weighted by atomic mass is 16.5. The molecule has 11 heteroatoms. The molecule has 0 bridgehead atoms. The Labute approximate surface area is 197 Å². The fourth-order valence-electron chi connectivity index (χ4n) is 4.31. The number of nitrogens with zero attached hydrogens (tertiary/aromatic N) is 5. The standard InChI is InChI=1S/C23H32N8O3/c1-3-29-7-9-30(10-8-29)19-12-18-15(11-17(19)27-23(26)28-22(24)25)20(32)16(21(33)34-4-2)13-31(18)14-5-6-14/h11-14H,3-10H2,1-2H3,(H6,24,25,26,27,28). The van der Waals surface area contributed by atoms with Crippen LogP contribution < -0.4 is 27.5 Å². The van der Waals surface area contributed by atoms with Crippen LogP contribution in [0.1, 0.15) is 43.1 Å². The van der Waals surface area contributed by atoms with E-state index in [2.05, 4.69) is 26.7 Å². The number of carbonyl (C=O) groups is 1. The van der Waals surface area contributed by atoms with Crippen LogP contribution in [0.15, 0.2) is 33.1 Å². The summed E-state index contributed by atoms with van der Waals surface area (Å²) in [5.74, 6) is -0.952. The number of nitrogens with two attached hydrogens (primary N) is 3. The van der Waals surface area contributed by atoms with E-state index in [-0.39, 0.29) is 30.1 Å². The van der Waals surface area contributed by atoms with Gasteiger partial charge in [0.25, 0.3) is 0 Å². The lowest BCUT2D eigenvalue weighted by molar-refractivity contribution is 0.0524. The third-order valence-electron chi connectivity index (χ3n) is 6.20. The van der Waals surface area contributed by atoms with Gasteiger partial charge in [-0.15, -0.1) is 0 Å². The molecule has 2 heterocycles. The molecule has 0 spiro atoms. The third kappa shape index (κ3) is 4.84. The number of guanidine groups is 2. The Bertz CT molecular complexity index is 1200. The number of fused-ring (bicyclic) bond motifs is 1. The topological polar surface area (TPSA) is 158 Å². The van der Waals surface area contributed by atoms with Crippen molar-refractivity contribution in [1.29, 1.82) is 0 Å². The van der Waals surface area contributed by atoms with Crippen molar-refractivity contribution in [2.45, 2.75) is 32.7 Å². The molecule has 1 saturated heterocycles. The van der Waals surface area contributed by atoms with Crippen LogP contribution in [0.3, 0.4) is 0 Å². The summed E-state index contributed by atoms with van der Waals surface area (Å²) >= 11 is 0. The number of piperazine rings is 1. The highest BCUT2D eigenvalue weighted by molar-refractivity contribution is 5.99. The van der Waals surface area contributed by atoms with Crippen LogP contribution in [0.4, 0.5) is 11.4 Å². The van der Waals surface area contributed by atoms with Gasteiger partial charge in [-0.05, 0) is 38.4 Å². The number of ether oxygens (including phenoxy) is 1. The quantitative estimate of drug-likeness (QED) is 0.320. The van der Waals surface area contributed by atoms with Gasteiger partial charge in [0.15, 0.2) is 5.96 Å². The molecule has 0 atom stereocenters. The number of hydrogen-bond acceptors (Lipinski definition) is 6. The maximum Gasteiger partial charge on any atom is 0.343 e. The zero-order chi connectivity index (χ0) is 24.4. The summed E-state index contributed by atoms with van der Waals surface area (Å²) in [5, 5.41) is 0.379.